The molecule has 0 bridgehead atoms. The molecule has 7 aromatic rings. The van der Waals surface area contributed by atoms with Crippen molar-refractivity contribution in [2.75, 3.05) is 0 Å². The van der Waals surface area contributed by atoms with E-state index in [2.05, 4.69) is 12.1 Å². The van der Waals surface area contributed by atoms with Gasteiger partial charge >= 0.3 is 0 Å². The molecule has 5 aromatic carbocycles. The first-order chi connectivity index (χ1) is 19.0. The van der Waals surface area contributed by atoms with E-state index in [1.807, 2.05) is 53.1 Å². The highest BCUT2D eigenvalue weighted by atomic mass is 19.1. The second kappa shape index (κ2) is 8.24. The third-order valence-electron chi connectivity index (χ3n) is 7.16. The maximum Gasteiger partial charge on any atom is 0.153 e. The molecule has 39 heavy (non-hydrogen) atoms. The van der Waals surface area contributed by atoms with Gasteiger partial charge in [0.05, 0.1) is 45.0 Å². The van der Waals surface area contributed by atoms with Crippen molar-refractivity contribution in [2.24, 2.45) is 0 Å². The molecule has 0 aliphatic heterocycles. The van der Waals surface area contributed by atoms with Crippen LogP contribution in [-0.4, -0.2) is 9.13 Å². The lowest BCUT2D eigenvalue weighted by Gasteiger charge is -2.14. The first kappa shape index (κ1) is 22.7. The molecule has 4 nitrogen and oxygen atoms in total. The number of aromatic nitrogens is 2. The zero-order valence-electron chi connectivity index (χ0n) is 20.1. The summed E-state index contributed by atoms with van der Waals surface area (Å²) in [7, 11) is 0. The van der Waals surface area contributed by atoms with Crippen LogP contribution in [0.3, 0.4) is 0 Å². The van der Waals surface area contributed by atoms with E-state index < -0.39 is 23.1 Å². The van der Waals surface area contributed by atoms with Gasteiger partial charge in [-0.2, -0.15) is 10.5 Å². The molecular weight excluding hydrogens is 497 g/mol. The summed E-state index contributed by atoms with van der Waals surface area (Å²) in [6, 6.07) is 29.2. The van der Waals surface area contributed by atoms with Crippen molar-refractivity contribution in [3.63, 3.8) is 0 Å². The van der Waals surface area contributed by atoms with Gasteiger partial charge in [0.2, 0.25) is 0 Å². The molecule has 0 N–H and O–H groups in total. The van der Waals surface area contributed by atoms with Gasteiger partial charge in [-0.25, -0.2) is 13.2 Å². The third-order valence-corrected chi connectivity index (χ3v) is 7.16. The van der Waals surface area contributed by atoms with E-state index in [9.17, 15) is 14.9 Å². The molecule has 0 saturated heterocycles. The molecule has 0 spiro atoms. The van der Waals surface area contributed by atoms with Gasteiger partial charge in [-0.05, 0) is 30.3 Å². The van der Waals surface area contributed by atoms with E-state index in [4.69, 9.17) is 0 Å². The molecular formula is C32H15F3N4. The smallest absolute Gasteiger partial charge is 0.153 e. The number of halogens is 3. The van der Waals surface area contributed by atoms with E-state index in [0.29, 0.717) is 39.9 Å². The minimum absolute atomic E-state index is 0.274. The Morgan fingerprint density at radius 2 is 1.13 bits per heavy atom. The van der Waals surface area contributed by atoms with Crippen molar-refractivity contribution in [1.82, 2.24) is 9.13 Å². The first-order valence-corrected chi connectivity index (χ1v) is 12.1. The number of fused-ring (bicyclic) bond motifs is 7. The van der Waals surface area contributed by atoms with Crippen LogP contribution in [0.25, 0.3) is 55.0 Å². The number of hydrogen-bond acceptors (Lipinski definition) is 2. The van der Waals surface area contributed by atoms with Gasteiger partial charge in [-0.1, -0.05) is 48.5 Å². The summed E-state index contributed by atoms with van der Waals surface area (Å²) >= 11 is 0. The van der Waals surface area contributed by atoms with Crippen LogP contribution in [-0.2, 0) is 0 Å². The van der Waals surface area contributed by atoms with Crippen LogP contribution >= 0.6 is 0 Å². The van der Waals surface area contributed by atoms with Crippen molar-refractivity contribution in [1.29, 1.82) is 10.5 Å². The second-order valence-corrected chi connectivity index (χ2v) is 9.24. The van der Waals surface area contributed by atoms with Gasteiger partial charge in [0, 0.05) is 33.7 Å². The maximum absolute atomic E-state index is 15.4. The third kappa shape index (κ3) is 3.11. The Morgan fingerprint density at radius 1 is 0.564 bits per heavy atom. The summed E-state index contributed by atoms with van der Waals surface area (Å²) in [5.74, 6) is -3.08. The minimum Gasteiger partial charge on any atom is -0.306 e. The predicted octanol–water partition coefficient (Wildman–Crippen LogP) is 8.04. The highest BCUT2D eigenvalue weighted by molar-refractivity contribution is 6.23. The second-order valence-electron chi connectivity index (χ2n) is 9.24. The number of rotatable bonds is 2. The largest absolute Gasteiger partial charge is 0.306 e. The Balaban J connectivity index is 1.79. The predicted molar refractivity (Wildman–Crippen MR) is 144 cm³/mol. The van der Waals surface area contributed by atoms with Gasteiger partial charge in [0.15, 0.2) is 11.6 Å². The summed E-state index contributed by atoms with van der Waals surface area (Å²) < 4.78 is 48.1. The van der Waals surface area contributed by atoms with Crippen LogP contribution in [0, 0.1) is 40.1 Å². The number of para-hydroxylation sites is 2. The zero-order valence-corrected chi connectivity index (χ0v) is 20.1. The Kier molecular flexibility index (Phi) is 4.79. The summed E-state index contributed by atoms with van der Waals surface area (Å²) in [5.41, 5.74) is 3.18. The van der Waals surface area contributed by atoms with E-state index >= 15 is 8.78 Å². The monoisotopic (exact) mass is 512 g/mol. The van der Waals surface area contributed by atoms with E-state index in [1.165, 1.54) is 10.6 Å². The molecule has 0 fully saturated rings. The normalized spacial score (nSPS) is 11.4. The summed E-state index contributed by atoms with van der Waals surface area (Å²) in [6.07, 6.45) is 0. The molecule has 7 heteroatoms. The van der Waals surface area contributed by atoms with E-state index in [1.54, 1.807) is 24.3 Å². The molecule has 0 atom stereocenters. The fraction of sp³-hybridized carbons (Fsp3) is 0. The van der Waals surface area contributed by atoms with Crippen LogP contribution < -0.4 is 0 Å². The van der Waals surface area contributed by atoms with Crippen molar-refractivity contribution in [3.8, 4) is 23.5 Å². The number of hydrogen-bond donors (Lipinski definition) is 0. The molecule has 2 heterocycles. The number of benzene rings is 5. The Labute approximate surface area is 219 Å². The average molecular weight is 512 g/mol. The molecule has 0 aliphatic rings. The van der Waals surface area contributed by atoms with Gasteiger partial charge in [-0.15, -0.1) is 0 Å². The quantitative estimate of drug-likeness (QED) is 0.235. The van der Waals surface area contributed by atoms with E-state index in [0.717, 1.165) is 27.1 Å². The van der Waals surface area contributed by atoms with E-state index in [-0.39, 0.29) is 5.56 Å². The fourth-order valence-corrected chi connectivity index (χ4v) is 5.62. The topological polar surface area (TPSA) is 57.4 Å². The van der Waals surface area contributed by atoms with Crippen LogP contribution in [0.2, 0.25) is 0 Å². The van der Waals surface area contributed by atoms with Gasteiger partial charge < -0.3 is 9.13 Å². The molecule has 0 aliphatic carbocycles. The molecule has 184 valence electrons. The standard InChI is InChI=1S/C32H15F3N4/c33-20-14-25(34)32(26(35)15-20)39-29-8-4-2-6-22(29)24-11-10-23-21-5-1-3-7-28(21)38(30(23)31(24)39)27-12-9-18(16-36)13-19(27)17-37/h1-15H. The lowest BCUT2D eigenvalue weighted by molar-refractivity contribution is 0.537. The lowest BCUT2D eigenvalue weighted by Crippen LogP contribution is -2.04. The Hall–Kier alpha value is -5.53. The molecule has 0 unspecified atom stereocenters. The zero-order chi connectivity index (χ0) is 26.8. The molecule has 2 aromatic heterocycles. The maximum atomic E-state index is 15.4. The van der Waals surface area contributed by atoms with Crippen molar-refractivity contribution in [2.45, 2.75) is 0 Å². The van der Waals surface area contributed by atoms with Crippen molar-refractivity contribution in [3.05, 3.63) is 120 Å². The Bertz CT molecular complexity index is 2220. The lowest BCUT2D eigenvalue weighted by atomic mass is 10.1. The summed E-state index contributed by atoms with van der Waals surface area (Å²) in [4.78, 5) is 0. The summed E-state index contributed by atoms with van der Waals surface area (Å²) in [5, 5.41) is 22.6. The SMILES string of the molecule is N#Cc1ccc(-n2c3ccccc3c3ccc4c5ccccc5n(-c5c(F)cc(F)cc5F)c4c32)c(C#N)c1. The highest BCUT2D eigenvalue weighted by Crippen LogP contribution is 2.42. The molecule has 0 saturated carbocycles. The average Bonchev–Trinajstić information content (AvgIpc) is 3.45. The first-order valence-electron chi connectivity index (χ1n) is 12.1. The molecule has 7 rings (SSSR count). The van der Waals surface area contributed by atoms with Crippen molar-refractivity contribution < 1.29 is 13.2 Å². The van der Waals surface area contributed by atoms with Crippen LogP contribution in [0.15, 0.2) is 91.0 Å². The van der Waals surface area contributed by atoms with Crippen LogP contribution in [0.4, 0.5) is 13.2 Å². The van der Waals surface area contributed by atoms with Gasteiger partial charge in [-0.3, -0.25) is 0 Å². The van der Waals surface area contributed by atoms with Gasteiger partial charge in [0.25, 0.3) is 0 Å². The molecule has 0 amide bonds. The minimum atomic E-state index is -1.04. The van der Waals surface area contributed by atoms with Crippen molar-refractivity contribution >= 4 is 43.6 Å². The van der Waals surface area contributed by atoms with Gasteiger partial charge in [0.1, 0.15) is 17.6 Å². The number of nitrogens with zero attached hydrogens (tertiary/aromatic N) is 4. The highest BCUT2D eigenvalue weighted by Gasteiger charge is 2.25. The van der Waals surface area contributed by atoms with Crippen LogP contribution in [0.5, 0.6) is 0 Å². The molecule has 0 radical (unpaired) electrons. The Morgan fingerprint density at radius 3 is 1.72 bits per heavy atom. The van der Waals surface area contributed by atoms with Crippen LogP contribution in [0.1, 0.15) is 11.1 Å². The summed E-state index contributed by atoms with van der Waals surface area (Å²) in [6.45, 7) is 0. The number of nitriles is 2. The fourth-order valence-electron chi connectivity index (χ4n) is 5.62.